The molecule has 1 heterocycles. The molecule has 1 saturated heterocycles. The van der Waals surface area contributed by atoms with E-state index in [4.69, 9.17) is 5.11 Å². The number of piperidine rings is 1. The Balaban J connectivity index is 1.64. The highest BCUT2D eigenvalue weighted by atomic mass is 16.4. The molecule has 0 unspecified atom stereocenters. The summed E-state index contributed by atoms with van der Waals surface area (Å²) in [7, 11) is 0. The molecule has 0 aromatic heterocycles. The van der Waals surface area contributed by atoms with Crippen LogP contribution in [0, 0.1) is 17.8 Å². The predicted octanol–water partition coefficient (Wildman–Crippen LogP) is 3.00. The molecule has 104 valence electrons. The third-order valence-corrected chi connectivity index (χ3v) is 5.02. The highest BCUT2D eigenvalue weighted by molar-refractivity contribution is 5.66. The minimum absolute atomic E-state index is 0.351. The van der Waals surface area contributed by atoms with E-state index in [1.165, 1.54) is 38.8 Å². The van der Waals surface area contributed by atoms with E-state index < -0.39 is 5.97 Å². The second kappa shape index (κ2) is 6.05. The van der Waals surface area contributed by atoms with Crippen LogP contribution in [0.25, 0.3) is 0 Å². The third kappa shape index (κ3) is 3.47. The molecule has 0 aromatic carbocycles. The number of likely N-dealkylation sites (tertiary alicyclic amines) is 1. The minimum atomic E-state index is -0.642. The fraction of sp³-hybridized carbons (Fsp3) is 0.933. The number of carboxylic acids is 1. The molecular formula is C15H27NO2. The molecule has 18 heavy (non-hydrogen) atoms. The number of rotatable bonds is 5. The van der Waals surface area contributed by atoms with Gasteiger partial charge in [0.1, 0.15) is 0 Å². The molecule has 0 bridgehead atoms. The van der Waals surface area contributed by atoms with Gasteiger partial charge >= 0.3 is 5.97 Å². The summed E-state index contributed by atoms with van der Waals surface area (Å²) < 4.78 is 0. The van der Waals surface area contributed by atoms with Gasteiger partial charge in [0.05, 0.1) is 0 Å². The first-order valence-corrected chi connectivity index (χ1v) is 7.52. The first-order valence-electron chi connectivity index (χ1n) is 7.52. The van der Waals surface area contributed by atoms with Crippen LogP contribution in [0.15, 0.2) is 0 Å². The Bertz CT molecular complexity index is 276. The average Bonchev–Trinajstić information content (AvgIpc) is 2.25. The van der Waals surface area contributed by atoms with Gasteiger partial charge in [-0.1, -0.05) is 13.8 Å². The van der Waals surface area contributed by atoms with E-state index in [9.17, 15) is 4.79 Å². The summed E-state index contributed by atoms with van der Waals surface area (Å²) in [5.41, 5.74) is 0. The van der Waals surface area contributed by atoms with Crippen molar-refractivity contribution in [3.05, 3.63) is 0 Å². The van der Waals surface area contributed by atoms with Crippen molar-refractivity contribution in [2.45, 2.75) is 58.4 Å². The minimum Gasteiger partial charge on any atom is -0.481 e. The molecule has 0 spiro atoms. The standard InChI is InChI=1S/C15H27NO2/c1-11(2)13-9-14(10-13)16-7-5-12(6-8-16)3-4-15(17)18/h11-14H,3-10H2,1-2H3,(H,17,18). The summed E-state index contributed by atoms with van der Waals surface area (Å²) in [6.45, 7) is 7.05. The summed E-state index contributed by atoms with van der Waals surface area (Å²) in [5, 5.41) is 8.70. The lowest BCUT2D eigenvalue weighted by Crippen LogP contribution is -2.49. The van der Waals surface area contributed by atoms with Gasteiger partial charge in [-0.2, -0.15) is 0 Å². The van der Waals surface area contributed by atoms with Crippen molar-refractivity contribution in [2.24, 2.45) is 17.8 Å². The molecule has 1 saturated carbocycles. The lowest BCUT2D eigenvalue weighted by molar-refractivity contribution is -0.137. The molecule has 3 heteroatoms. The lowest BCUT2D eigenvalue weighted by atomic mass is 9.72. The van der Waals surface area contributed by atoms with Crippen molar-refractivity contribution in [1.29, 1.82) is 0 Å². The molecule has 0 aromatic rings. The Morgan fingerprint density at radius 1 is 1.28 bits per heavy atom. The molecule has 2 fully saturated rings. The zero-order chi connectivity index (χ0) is 13.1. The molecular weight excluding hydrogens is 226 g/mol. The molecule has 2 aliphatic rings. The molecule has 1 N–H and O–H groups in total. The van der Waals surface area contributed by atoms with E-state index in [0.717, 1.165) is 24.3 Å². The monoisotopic (exact) mass is 253 g/mol. The van der Waals surface area contributed by atoms with Crippen LogP contribution in [0.5, 0.6) is 0 Å². The maximum Gasteiger partial charge on any atom is 0.303 e. The van der Waals surface area contributed by atoms with Crippen molar-refractivity contribution in [1.82, 2.24) is 4.90 Å². The van der Waals surface area contributed by atoms with Crippen LogP contribution in [-0.4, -0.2) is 35.1 Å². The van der Waals surface area contributed by atoms with Crippen LogP contribution in [-0.2, 0) is 4.79 Å². The van der Waals surface area contributed by atoms with E-state index in [2.05, 4.69) is 18.7 Å². The van der Waals surface area contributed by atoms with Crippen LogP contribution in [0.1, 0.15) is 52.4 Å². The Labute approximate surface area is 111 Å². The SMILES string of the molecule is CC(C)C1CC(N2CCC(CCC(=O)O)CC2)C1. The van der Waals surface area contributed by atoms with Gasteiger partial charge in [-0.15, -0.1) is 0 Å². The number of carbonyl (C=O) groups is 1. The fourth-order valence-electron chi connectivity index (χ4n) is 3.41. The molecule has 0 radical (unpaired) electrons. The predicted molar refractivity (Wildman–Crippen MR) is 72.5 cm³/mol. The maximum atomic E-state index is 10.6. The molecule has 0 atom stereocenters. The quantitative estimate of drug-likeness (QED) is 0.819. The van der Waals surface area contributed by atoms with E-state index in [1.807, 2.05) is 0 Å². The van der Waals surface area contributed by atoms with E-state index >= 15 is 0 Å². The highest BCUT2D eigenvalue weighted by Crippen LogP contribution is 2.38. The molecule has 1 aliphatic heterocycles. The summed E-state index contributed by atoms with van der Waals surface area (Å²) in [5.74, 6) is 1.80. The summed E-state index contributed by atoms with van der Waals surface area (Å²) in [6, 6.07) is 0.831. The maximum absolute atomic E-state index is 10.6. The number of nitrogens with zero attached hydrogens (tertiary/aromatic N) is 1. The highest BCUT2D eigenvalue weighted by Gasteiger charge is 2.36. The smallest absolute Gasteiger partial charge is 0.303 e. The van der Waals surface area contributed by atoms with Crippen molar-refractivity contribution >= 4 is 5.97 Å². The Kier molecular flexibility index (Phi) is 4.66. The van der Waals surface area contributed by atoms with Crippen LogP contribution in [0.4, 0.5) is 0 Å². The van der Waals surface area contributed by atoms with Gasteiger partial charge in [0, 0.05) is 12.5 Å². The van der Waals surface area contributed by atoms with E-state index in [0.29, 0.717) is 12.3 Å². The first kappa shape index (κ1) is 13.9. The van der Waals surface area contributed by atoms with Crippen molar-refractivity contribution in [2.75, 3.05) is 13.1 Å². The third-order valence-electron chi connectivity index (χ3n) is 5.02. The number of carboxylic acid groups (broad SMARTS) is 1. The first-order chi connectivity index (χ1) is 8.56. The zero-order valence-electron chi connectivity index (χ0n) is 11.8. The van der Waals surface area contributed by atoms with E-state index in [1.54, 1.807) is 0 Å². The van der Waals surface area contributed by atoms with Crippen molar-refractivity contribution < 1.29 is 9.90 Å². The number of hydrogen-bond donors (Lipinski definition) is 1. The van der Waals surface area contributed by atoms with Gasteiger partial charge in [-0.3, -0.25) is 4.79 Å². The van der Waals surface area contributed by atoms with Gasteiger partial charge in [0.15, 0.2) is 0 Å². The lowest BCUT2D eigenvalue weighted by Gasteiger charge is -2.47. The van der Waals surface area contributed by atoms with Crippen LogP contribution >= 0.6 is 0 Å². The van der Waals surface area contributed by atoms with Crippen LogP contribution in [0.2, 0.25) is 0 Å². The summed E-state index contributed by atoms with van der Waals surface area (Å²) in [4.78, 5) is 13.2. The fourth-order valence-corrected chi connectivity index (χ4v) is 3.41. The van der Waals surface area contributed by atoms with Gasteiger partial charge in [-0.25, -0.2) is 0 Å². The molecule has 3 nitrogen and oxygen atoms in total. The van der Waals surface area contributed by atoms with Crippen molar-refractivity contribution in [3.8, 4) is 0 Å². The van der Waals surface area contributed by atoms with Crippen LogP contribution < -0.4 is 0 Å². The average molecular weight is 253 g/mol. The van der Waals surface area contributed by atoms with Gasteiger partial charge in [0.2, 0.25) is 0 Å². The van der Waals surface area contributed by atoms with E-state index in [-0.39, 0.29) is 0 Å². The molecule has 1 aliphatic carbocycles. The van der Waals surface area contributed by atoms with Gasteiger partial charge in [-0.05, 0) is 62.9 Å². The molecule has 0 amide bonds. The Morgan fingerprint density at radius 3 is 2.39 bits per heavy atom. The van der Waals surface area contributed by atoms with Crippen LogP contribution in [0.3, 0.4) is 0 Å². The summed E-state index contributed by atoms with van der Waals surface area (Å²) >= 11 is 0. The topological polar surface area (TPSA) is 40.5 Å². The molecule has 2 rings (SSSR count). The normalized spacial score (nSPS) is 30.4. The summed E-state index contributed by atoms with van der Waals surface area (Å²) in [6.07, 6.45) is 6.41. The Hall–Kier alpha value is -0.570. The largest absolute Gasteiger partial charge is 0.481 e. The Morgan fingerprint density at radius 2 is 1.89 bits per heavy atom. The number of hydrogen-bond acceptors (Lipinski definition) is 2. The second-order valence-corrected chi connectivity index (χ2v) is 6.54. The van der Waals surface area contributed by atoms with Crippen molar-refractivity contribution in [3.63, 3.8) is 0 Å². The van der Waals surface area contributed by atoms with Gasteiger partial charge < -0.3 is 10.0 Å². The second-order valence-electron chi connectivity index (χ2n) is 6.54. The number of aliphatic carboxylic acids is 1. The van der Waals surface area contributed by atoms with Gasteiger partial charge in [0.25, 0.3) is 0 Å². The zero-order valence-corrected chi connectivity index (χ0v) is 11.8.